The molecule has 0 bridgehead atoms. The van der Waals surface area contributed by atoms with E-state index in [-0.39, 0.29) is 0 Å². The smallest absolute Gasteiger partial charge is 0.362 e. The highest BCUT2D eigenvalue weighted by Crippen LogP contribution is 2.25. The lowest BCUT2D eigenvalue weighted by Gasteiger charge is -2.17. The summed E-state index contributed by atoms with van der Waals surface area (Å²) in [7, 11) is -0.440. The van der Waals surface area contributed by atoms with Crippen molar-refractivity contribution in [1.29, 1.82) is 0 Å². The maximum atomic E-state index is 8.88. The normalized spacial score (nSPS) is 16.0. The van der Waals surface area contributed by atoms with Crippen molar-refractivity contribution in [3.05, 3.63) is 24.8 Å². The van der Waals surface area contributed by atoms with Crippen molar-refractivity contribution in [3.63, 3.8) is 0 Å². The molecule has 2 aliphatic heterocycles. The number of phosphoric acid groups is 1. The van der Waals surface area contributed by atoms with Gasteiger partial charge in [-0.25, -0.2) is 4.57 Å². The first-order chi connectivity index (χ1) is 11.7. The minimum atomic E-state index is -4.64. The molecule has 2 rings (SSSR count). The predicted molar refractivity (Wildman–Crippen MR) is 101 cm³/mol. The Balaban J connectivity index is 0.000000368. The Labute approximate surface area is 152 Å². The molecule has 2 aliphatic rings. The SMILES string of the molecule is CCCCN1C=CN(C)C1.CCCCN1C=CN(C)C1.O=P(O)(O)O. The molecule has 0 unspecified atom stereocenters. The van der Waals surface area contributed by atoms with Gasteiger partial charge in [-0.05, 0) is 12.8 Å². The molecule has 2 heterocycles. The Morgan fingerprint density at radius 3 is 1.32 bits per heavy atom. The van der Waals surface area contributed by atoms with Crippen LogP contribution in [0.25, 0.3) is 0 Å². The average Bonchev–Trinajstić information content (AvgIpc) is 3.10. The third-order valence-electron chi connectivity index (χ3n) is 3.47. The quantitative estimate of drug-likeness (QED) is 0.605. The molecule has 0 spiro atoms. The molecule has 0 radical (unpaired) electrons. The van der Waals surface area contributed by atoms with Gasteiger partial charge in [-0.3, -0.25) is 0 Å². The summed E-state index contributed by atoms with van der Waals surface area (Å²) in [5, 5.41) is 0. The molecule has 0 fully saturated rings. The Kier molecular flexibility index (Phi) is 12.4. The summed E-state index contributed by atoms with van der Waals surface area (Å²) in [6, 6.07) is 0. The molecule has 0 saturated heterocycles. The van der Waals surface area contributed by atoms with Gasteiger partial charge >= 0.3 is 7.82 Å². The first-order valence-corrected chi connectivity index (χ1v) is 10.3. The van der Waals surface area contributed by atoms with Gasteiger partial charge in [0.05, 0.1) is 13.3 Å². The van der Waals surface area contributed by atoms with E-state index in [0.29, 0.717) is 0 Å². The van der Waals surface area contributed by atoms with Crippen LogP contribution in [0.1, 0.15) is 39.5 Å². The van der Waals surface area contributed by atoms with Crippen LogP contribution >= 0.6 is 7.82 Å². The van der Waals surface area contributed by atoms with E-state index in [2.05, 4.69) is 72.3 Å². The molecule has 0 aromatic rings. The zero-order valence-electron chi connectivity index (χ0n) is 16.0. The topological polar surface area (TPSA) is 90.7 Å². The van der Waals surface area contributed by atoms with E-state index in [1.165, 1.54) is 38.8 Å². The Bertz CT molecular complexity index is 404. The van der Waals surface area contributed by atoms with Crippen molar-refractivity contribution in [2.75, 3.05) is 40.5 Å². The third-order valence-corrected chi connectivity index (χ3v) is 3.47. The van der Waals surface area contributed by atoms with E-state index in [9.17, 15) is 0 Å². The summed E-state index contributed by atoms with van der Waals surface area (Å²) < 4.78 is 8.88. The summed E-state index contributed by atoms with van der Waals surface area (Å²) in [5.74, 6) is 0. The van der Waals surface area contributed by atoms with Crippen LogP contribution in [0.4, 0.5) is 0 Å². The molecule has 0 aromatic carbocycles. The number of hydrogen-bond acceptors (Lipinski definition) is 5. The Hall–Kier alpha value is -1.21. The molecule has 25 heavy (non-hydrogen) atoms. The number of unbranched alkanes of at least 4 members (excludes halogenated alkanes) is 2. The summed E-state index contributed by atoms with van der Waals surface area (Å²) in [6.45, 7) is 9.00. The number of hydrogen-bond donors (Lipinski definition) is 3. The Morgan fingerprint density at radius 2 is 1.12 bits per heavy atom. The molecular weight excluding hydrogens is 343 g/mol. The number of nitrogens with zero attached hydrogens (tertiary/aromatic N) is 4. The molecular formula is C16H35N4O4P. The average molecular weight is 378 g/mol. The fourth-order valence-corrected chi connectivity index (χ4v) is 2.19. The van der Waals surface area contributed by atoms with Crippen LogP contribution in [0, 0.1) is 0 Å². The van der Waals surface area contributed by atoms with Gasteiger partial charge in [0.25, 0.3) is 0 Å². The minimum Gasteiger partial charge on any atom is -0.362 e. The van der Waals surface area contributed by atoms with Crippen LogP contribution in [0.2, 0.25) is 0 Å². The molecule has 9 heteroatoms. The van der Waals surface area contributed by atoms with Crippen LogP contribution in [0.3, 0.4) is 0 Å². The van der Waals surface area contributed by atoms with Crippen LogP contribution in [0.15, 0.2) is 24.8 Å². The summed E-state index contributed by atoms with van der Waals surface area (Å²) >= 11 is 0. The Morgan fingerprint density at radius 1 is 0.800 bits per heavy atom. The van der Waals surface area contributed by atoms with Gasteiger partial charge in [0, 0.05) is 52.0 Å². The highest BCUT2D eigenvalue weighted by atomic mass is 31.2. The standard InChI is InChI=1S/2C8H16N2.H3O4P/c2*1-3-4-5-10-7-6-9(2)8-10;1-5(2,3)4/h2*6-7H,3-5,8H2,1-2H3;(H3,1,2,3,4). The molecule has 0 aromatic heterocycles. The highest BCUT2D eigenvalue weighted by molar-refractivity contribution is 7.45. The van der Waals surface area contributed by atoms with E-state index >= 15 is 0 Å². The first kappa shape index (κ1) is 23.8. The van der Waals surface area contributed by atoms with Crippen molar-refractivity contribution in [2.24, 2.45) is 0 Å². The van der Waals surface area contributed by atoms with Crippen LogP contribution < -0.4 is 0 Å². The lowest BCUT2D eigenvalue weighted by Crippen LogP contribution is -2.23. The van der Waals surface area contributed by atoms with Crippen molar-refractivity contribution in [1.82, 2.24) is 19.6 Å². The van der Waals surface area contributed by atoms with Gasteiger partial charge in [-0.2, -0.15) is 0 Å². The van der Waals surface area contributed by atoms with Gasteiger partial charge in [-0.1, -0.05) is 26.7 Å². The zero-order chi connectivity index (χ0) is 19.3. The van der Waals surface area contributed by atoms with E-state index in [1.54, 1.807) is 0 Å². The maximum Gasteiger partial charge on any atom is 0.466 e. The first-order valence-electron chi connectivity index (χ1n) is 8.69. The molecule has 0 aliphatic carbocycles. The third kappa shape index (κ3) is 16.0. The second-order valence-corrected chi connectivity index (χ2v) is 7.26. The number of rotatable bonds is 6. The molecule has 0 saturated carbocycles. The largest absolute Gasteiger partial charge is 0.466 e. The summed E-state index contributed by atoms with van der Waals surface area (Å²) in [4.78, 5) is 30.6. The van der Waals surface area contributed by atoms with Crippen LogP contribution in [0.5, 0.6) is 0 Å². The van der Waals surface area contributed by atoms with Gasteiger partial charge in [0.1, 0.15) is 0 Å². The van der Waals surface area contributed by atoms with E-state index in [1.807, 2.05) is 0 Å². The summed E-state index contributed by atoms with van der Waals surface area (Å²) in [5.41, 5.74) is 0. The summed E-state index contributed by atoms with van der Waals surface area (Å²) in [6.07, 6.45) is 13.7. The van der Waals surface area contributed by atoms with Crippen molar-refractivity contribution in [3.8, 4) is 0 Å². The predicted octanol–water partition coefficient (Wildman–Crippen LogP) is 2.00. The van der Waals surface area contributed by atoms with Gasteiger partial charge in [-0.15, -0.1) is 0 Å². The molecule has 0 atom stereocenters. The van der Waals surface area contributed by atoms with Gasteiger partial charge in [0.2, 0.25) is 0 Å². The molecule has 0 amide bonds. The zero-order valence-corrected chi connectivity index (χ0v) is 16.8. The van der Waals surface area contributed by atoms with Gasteiger partial charge < -0.3 is 34.3 Å². The second-order valence-electron chi connectivity index (χ2n) is 6.24. The minimum absolute atomic E-state index is 1.07. The molecule has 3 N–H and O–H groups in total. The van der Waals surface area contributed by atoms with Crippen molar-refractivity contribution in [2.45, 2.75) is 39.5 Å². The van der Waals surface area contributed by atoms with Gasteiger partial charge in [0.15, 0.2) is 0 Å². The van der Waals surface area contributed by atoms with Crippen LogP contribution in [-0.4, -0.2) is 74.8 Å². The van der Waals surface area contributed by atoms with E-state index in [4.69, 9.17) is 19.2 Å². The lowest BCUT2D eigenvalue weighted by atomic mass is 10.3. The highest BCUT2D eigenvalue weighted by Gasteiger charge is 2.06. The molecule has 148 valence electrons. The lowest BCUT2D eigenvalue weighted by molar-refractivity contribution is 0.275. The fourth-order valence-electron chi connectivity index (χ4n) is 2.19. The van der Waals surface area contributed by atoms with Crippen molar-refractivity contribution >= 4 is 7.82 Å². The fraction of sp³-hybridized carbons (Fsp3) is 0.750. The van der Waals surface area contributed by atoms with E-state index < -0.39 is 7.82 Å². The monoisotopic (exact) mass is 378 g/mol. The second kappa shape index (κ2) is 13.1. The van der Waals surface area contributed by atoms with Crippen molar-refractivity contribution < 1.29 is 19.2 Å². The molecule has 8 nitrogen and oxygen atoms in total. The maximum absolute atomic E-state index is 8.88. The van der Waals surface area contributed by atoms with Crippen LogP contribution in [-0.2, 0) is 4.57 Å². The van der Waals surface area contributed by atoms with E-state index in [0.717, 1.165) is 13.3 Å².